The second-order valence-electron chi connectivity index (χ2n) is 9.25. The molecule has 0 saturated carbocycles. The molecule has 180 valence electrons. The summed E-state index contributed by atoms with van der Waals surface area (Å²) in [5, 5.41) is 22.1. The molecule has 1 saturated heterocycles. The quantitative estimate of drug-likeness (QED) is 0.682. The Morgan fingerprint density at radius 1 is 1.17 bits per heavy atom. The third-order valence-corrected chi connectivity index (χ3v) is 7.02. The molecular weight excluding hydrogens is 440 g/mol. The molecule has 1 N–H and O–H groups in total. The van der Waals surface area contributed by atoms with Gasteiger partial charge in [-0.3, -0.25) is 0 Å². The summed E-state index contributed by atoms with van der Waals surface area (Å²) < 4.78 is 6.17. The molecule has 0 aliphatic carbocycles. The van der Waals surface area contributed by atoms with E-state index in [0.29, 0.717) is 37.2 Å². The van der Waals surface area contributed by atoms with Crippen molar-refractivity contribution >= 4 is 11.5 Å². The number of anilines is 2. The maximum absolute atomic E-state index is 9.60. The maximum Gasteiger partial charge on any atom is 0.318 e. The molecule has 1 aromatic heterocycles. The van der Waals surface area contributed by atoms with Crippen LogP contribution in [-0.2, 0) is 13.0 Å². The van der Waals surface area contributed by atoms with Crippen molar-refractivity contribution in [2.45, 2.75) is 38.3 Å². The molecule has 1 atom stereocenters. The number of likely N-dealkylation sites (tertiary alicyclic amines) is 1. The molecule has 35 heavy (non-hydrogen) atoms. The molecule has 5 rings (SSSR count). The summed E-state index contributed by atoms with van der Waals surface area (Å²) in [4.78, 5) is 16.4. The van der Waals surface area contributed by atoms with Gasteiger partial charge in [-0.2, -0.15) is 20.5 Å². The van der Waals surface area contributed by atoms with Crippen molar-refractivity contribution in [3.63, 3.8) is 0 Å². The van der Waals surface area contributed by atoms with Crippen molar-refractivity contribution < 1.29 is 4.74 Å². The van der Waals surface area contributed by atoms with Crippen molar-refractivity contribution in [3.8, 4) is 18.1 Å². The first-order valence-corrected chi connectivity index (χ1v) is 12.2. The predicted molar refractivity (Wildman–Crippen MR) is 133 cm³/mol. The minimum atomic E-state index is 0.333. The molecule has 4 heterocycles. The van der Waals surface area contributed by atoms with Crippen molar-refractivity contribution in [1.82, 2.24) is 20.2 Å². The normalized spacial score (nSPS) is 19.9. The Bertz CT molecular complexity index is 1200. The SMILES string of the molecule is CN1CCC[C@H]1COc1nc2c(c(N3C=C(CC#N)NCC3)n1)CCN(c1ccccc1C#N)C2. The minimum absolute atomic E-state index is 0.333. The van der Waals surface area contributed by atoms with Gasteiger partial charge >= 0.3 is 6.01 Å². The Morgan fingerprint density at radius 2 is 2.06 bits per heavy atom. The van der Waals surface area contributed by atoms with Crippen LogP contribution >= 0.6 is 0 Å². The van der Waals surface area contributed by atoms with Gasteiger partial charge in [0.1, 0.15) is 18.5 Å². The van der Waals surface area contributed by atoms with E-state index < -0.39 is 0 Å². The maximum atomic E-state index is 9.60. The number of nitrogens with one attached hydrogen (secondary N) is 1. The standard InChI is InChI=1S/C26H30N8O/c1-32-12-4-6-21(32)18-35-26-30-23-17-33(24-7-3-2-5-19(24)15-28)13-9-22(23)25(31-26)34-14-11-29-20(16-34)8-10-27/h2-3,5,7,16,21,29H,4,6,8-9,11-14,17-18H2,1H3/t21-/m0/s1. The summed E-state index contributed by atoms with van der Waals surface area (Å²) in [6.45, 7) is 4.51. The molecule has 3 aliphatic heterocycles. The lowest BCUT2D eigenvalue weighted by molar-refractivity contribution is 0.187. The van der Waals surface area contributed by atoms with Crippen LogP contribution in [0.1, 0.15) is 36.1 Å². The number of fused-ring (bicyclic) bond motifs is 1. The van der Waals surface area contributed by atoms with E-state index in [1.54, 1.807) is 0 Å². The first-order chi connectivity index (χ1) is 17.2. The highest BCUT2D eigenvalue weighted by atomic mass is 16.5. The number of allylic oxidation sites excluding steroid dienone is 1. The summed E-state index contributed by atoms with van der Waals surface area (Å²) in [6, 6.07) is 13.0. The van der Waals surface area contributed by atoms with Crippen molar-refractivity contribution in [3.05, 3.63) is 53.0 Å². The van der Waals surface area contributed by atoms with Gasteiger partial charge in [0.25, 0.3) is 0 Å². The summed E-state index contributed by atoms with van der Waals surface area (Å²) in [6.07, 6.45) is 5.38. The zero-order valence-corrected chi connectivity index (χ0v) is 20.1. The molecule has 0 radical (unpaired) electrons. The Balaban J connectivity index is 1.48. The van der Waals surface area contributed by atoms with E-state index in [2.05, 4.69) is 39.2 Å². The van der Waals surface area contributed by atoms with Crippen LogP contribution in [0, 0.1) is 22.7 Å². The molecule has 9 heteroatoms. The van der Waals surface area contributed by atoms with E-state index in [9.17, 15) is 5.26 Å². The Hall–Kier alpha value is -3.82. The van der Waals surface area contributed by atoms with Crippen molar-refractivity contribution in [2.24, 2.45) is 0 Å². The van der Waals surface area contributed by atoms with Crippen LogP contribution in [0.15, 0.2) is 36.2 Å². The molecule has 0 spiro atoms. The minimum Gasteiger partial charge on any atom is -0.462 e. The largest absolute Gasteiger partial charge is 0.462 e. The Morgan fingerprint density at radius 3 is 2.86 bits per heavy atom. The molecule has 2 aromatic rings. The fraction of sp³-hybridized carbons (Fsp3) is 0.462. The molecular formula is C26H30N8O. The first-order valence-electron chi connectivity index (χ1n) is 12.2. The van der Waals surface area contributed by atoms with Gasteiger partial charge in [-0.05, 0) is 45.0 Å². The van der Waals surface area contributed by atoms with Gasteiger partial charge in [-0.15, -0.1) is 0 Å². The Kier molecular flexibility index (Phi) is 6.69. The molecule has 3 aliphatic rings. The van der Waals surface area contributed by atoms with E-state index in [0.717, 1.165) is 67.5 Å². The third kappa shape index (κ3) is 4.87. The highest BCUT2D eigenvalue weighted by Crippen LogP contribution is 2.33. The molecule has 0 unspecified atom stereocenters. The fourth-order valence-electron chi connectivity index (χ4n) is 5.10. The molecule has 0 amide bonds. The van der Waals surface area contributed by atoms with Gasteiger partial charge < -0.3 is 24.8 Å². The van der Waals surface area contributed by atoms with Gasteiger partial charge in [-0.1, -0.05) is 12.1 Å². The van der Waals surface area contributed by atoms with Crippen LogP contribution in [0.4, 0.5) is 11.5 Å². The van der Waals surface area contributed by atoms with Gasteiger partial charge in [0.05, 0.1) is 36.0 Å². The summed E-state index contributed by atoms with van der Waals surface area (Å²) in [5.41, 5.74) is 4.51. The number of likely N-dealkylation sites (N-methyl/N-ethyl adjacent to an activating group) is 1. The number of ether oxygens (including phenoxy) is 1. The number of nitriles is 2. The van der Waals surface area contributed by atoms with E-state index >= 15 is 0 Å². The zero-order valence-electron chi connectivity index (χ0n) is 20.1. The second-order valence-corrected chi connectivity index (χ2v) is 9.25. The number of aromatic nitrogens is 2. The number of nitrogens with zero attached hydrogens (tertiary/aromatic N) is 7. The highest BCUT2D eigenvalue weighted by molar-refractivity contribution is 5.62. The van der Waals surface area contributed by atoms with E-state index in [1.165, 1.54) is 6.42 Å². The predicted octanol–water partition coefficient (Wildman–Crippen LogP) is 2.55. The van der Waals surface area contributed by atoms with Gasteiger partial charge in [0, 0.05) is 43.1 Å². The summed E-state index contributed by atoms with van der Waals surface area (Å²) in [7, 11) is 2.13. The Labute approximate surface area is 206 Å². The second kappa shape index (κ2) is 10.2. The van der Waals surface area contributed by atoms with Crippen molar-refractivity contribution in [1.29, 1.82) is 10.5 Å². The average Bonchev–Trinajstić information content (AvgIpc) is 3.31. The van der Waals surface area contributed by atoms with Crippen LogP contribution in [0.25, 0.3) is 0 Å². The molecule has 9 nitrogen and oxygen atoms in total. The number of para-hydroxylation sites is 1. The van der Waals surface area contributed by atoms with Crippen LogP contribution in [0.3, 0.4) is 0 Å². The summed E-state index contributed by atoms with van der Waals surface area (Å²) in [5.74, 6) is 0.856. The smallest absolute Gasteiger partial charge is 0.318 e. The van der Waals surface area contributed by atoms with Crippen LogP contribution < -0.4 is 19.9 Å². The molecule has 1 fully saturated rings. The summed E-state index contributed by atoms with van der Waals surface area (Å²) >= 11 is 0. The average molecular weight is 471 g/mol. The highest BCUT2D eigenvalue weighted by Gasteiger charge is 2.28. The number of hydrogen-bond donors (Lipinski definition) is 1. The van der Waals surface area contributed by atoms with Gasteiger partial charge in [0.15, 0.2) is 0 Å². The monoisotopic (exact) mass is 470 g/mol. The first kappa shape index (κ1) is 22.9. The van der Waals surface area contributed by atoms with Crippen LogP contribution in [0.5, 0.6) is 6.01 Å². The lowest BCUT2D eigenvalue weighted by Crippen LogP contribution is -2.38. The molecule has 1 aromatic carbocycles. The van der Waals surface area contributed by atoms with Crippen LogP contribution in [-0.4, -0.2) is 60.7 Å². The third-order valence-electron chi connectivity index (χ3n) is 7.02. The van der Waals surface area contributed by atoms with E-state index in [1.807, 2.05) is 30.5 Å². The topological polar surface area (TPSA) is 104 Å². The van der Waals surface area contributed by atoms with Crippen LogP contribution in [0.2, 0.25) is 0 Å². The fourth-order valence-corrected chi connectivity index (χ4v) is 5.10. The number of benzene rings is 1. The van der Waals surface area contributed by atoms with Crippen molar-refractivity contribution in [2.75, 3.05) is 49.6 Å². The van der Waals surface area contributed by atoms with E-state index in [-0.39, 0.29) is 0 Å². The zero-order chi connectivity index (χ0) is 24.2. The lowest BCUT2D eigenvalue weighted by Gasteiger charge is -2.34. The van der Waals surface area contributed by atoms with Gasteiger partial charge in [-0.25, -0.2) is 0 Å². The van der Waals surface area contributed by atoms with Gasteiger partial charge in [0.2, 0.25) is 0 Å². The van der Waals surface area contributed by atoms with E-state index in [4.69, 9.17) is 20.0 Å². The molecule has 0 bridgehead atoms. The lowest BCUT2D eigenvalue weighted by atomic mass is 10.0. The number of hydrogen-bond acceptors (Lipinski definition) is 9. The number of rotatable bonds is 6.